The number of carbonyl (C=O) groups excluding carboxylic acids is 2. The van der Waals surface area contributed by atoms with Gasteiger partial charge in [0.05, 0.1) is 46.6 Å². The molecule has 0 fully saturated rings. The van der Waals surface area contributed by atoms with Crippen LogP contribution in [-0.2, 0) is 28.2 Å². The molecule has 13 heteroatoms. The summed E-state index contributed by atoms with van der Waals surface area (Å²) in [6.07, 6.45) is 24.6. The van der Waals surface area contributed by atoms with Crippen LogP contribution in [0, 0.1) is 0 Å². The second kappa shape index (κ2) is 39.5. The van der Waals surface area contributed by atoms with Crippen molar-refractivity contribution in [1.82, 2.24) is 0 Å². The van der Waals surface area contributed by atoms with Gasteiger partial charge in [-0.25, -0.2) is 0 Å². The summed E-state index contributed by atoms with van der Waals surface area (Å²) in [5, 5.41) is 26.1. The molecule has 0 saturated heterocycles. The van der Waals surface area contributed by atoms with Crippen LogP contribution in [0.2, 0.25) is 0 Å². The Morgan fingerprint density at radius 3 is 1.42 bits per heavy atom. The number of esters is 2. The number of halogens is 1. The first-order valence-corrected chi connectivity index (χ1v) is 22.7. The monoisotopic (exact) mass is 804 g/mol. The molecule has 1 unspecified atom stereocenters. The zero-order valence-electron chi connectivity index (χ0n) is 34.6. The number of hydrogen-bond donors (Lipinski definition) is 4. The van der Waals surface area contributed by atoms with Crippen LogP contribution in [-0.4, -0.2) is 102 Å². The summed E-state index contributed by atoms with van der Waals surface area (Å²) in [7, 11) is 0.135. The molecule has 0 aliphatic carbocycles. The van der Waals surface area contributed by atoms with Crippen LogP contribution in [0.4, 0.5) is 0 Å². The van der Waals surface area contributed by atoms with Gasteiger partial charge in [-0.15, -0.1) is 0 Å². The van der Waals surface area contributed by atoms with E-state index in [4.69, 9.17) is 29.3 Å². The van der Waals surface area contributed by atoms with Gasteiger partial charge in [-0.3, -0.25) is 14.2 Å². The van der Waals surface area contributed by atoms with Crippen LogP contribution in [0.15, 0.2) is 0 Å². The first-order valence-electron chi connectivity index (χ1n) is 20.9. The lowest BCUT2D eigenvalue weighted by atomic mass is 10.1. The van der Waals surface area contributed by atoms with E-state index in [0.717, 1.165) is 49.7 Å². The number of aliphatic hydroxyl groups excluding tert-OH is 2. The summed E-state index contributed by atoms with van der Waals surface area (Å²) in [6, 6.07) is 0. The van der Waals surface area contributed by atoms with Gasteiger partial charge < -0.3 is 51.1 Å². The van der Waals surface area contributed by atoms with Crippen LogP contribution >= 0.6 is 7.60 Å². The van der Waals surface area contributed by atoms with Crippen molar-refractivity contribution in [2.24, 2.45) is 0 Å². The number of aliphatic hydroxyl groups is 3. The Morgan fingerprint density at radius 2 is 1.04 bits per heavy atom. The molecule has 0 aliphatic heterocycles. The maximum Gasteiger partial charge on any atom is 0.330 e. The van der Waals surface area contributed by atoms with E-state index in [2.05, 4.69) is 34.9 Å². The first kappa shape index (κ1) is 56.6. The van der Waals surface area contributed by atoms with Crippen molar-refractivity contribution >= 4 is 19.5 Å². The van der Waals surface area contributed by atoms with Crippen molar-refractivity contribution in [3.63, 3.8) is 0 Å². The fourth-order valence-corrected chi connectivity index (χ4v) is 6.28. The molecule has 0 amide bonds. The zero-order valence-corrected chi connectivity index (χ0v) is 36.2. The minimum Gasteiger partial charge on any atom is -1.00 e. The Morgan fingerprint density at radius 1 is 0.642 bits per heavy atom. The molecule has 0 saturated carbocycles. The molecular formula is C40H83ClNO10P. The Balaban J connectivity index is -0.00000197. The summed E-state index contributed by atoms with van der Waals surface area (Å²) in [6.45, 7) is 7.29. The number of rotatable bonds is 36. The second-order valence-electron chi connectivity index (χ2n) is 15.0. The minimum atomic E-state index is -4.01. The van der Waals surface area contributed by atoms with Crippen LogP contribution in [0.5, 0.6) is 0 Å². The standard InChI is InChI=1S/C33H65O8P.C7H18NO2.ClH/c1-3-5-7-9-11-13-15-17-19-21-23-25-32(35)39-29-31(30-40-42(37,38)28-27-34)41-33(36)26-24-22-20-18-16-14-12-10-8-6-4-2;1-4-8(2,3)6-5-7(9)10;/h31,34H,3-30H2,1-2H3,(H,37,38);7,9-10H,4-6H2,1-3H3;1H/q;+1;/p-1/t31-;;/m1../s1. The van der Waals surface area contributed by atoms with Crippen molar-refractivity contribution in [3.05, 3.63) is 0 Å². The molecule has 320 valence electrons. The van der Waals surface area contributed by atoms with E-state index in [1.807, 2.05) is 0 Å². The molecule has 53 heavy (non-hydrogen) atoms. The molecule has 0 aliphatic rings. The summed E-state index contributed by atoms with van der Waals surface area (Å²) in [4.78, 5) is 34.4. The molecule has 0 aromatic heterocycles. The quantitative estimate of drug-likeness (QED) is 0.0200. The minimum absolute atomic E-state index is 0. The second-order valence-corrected chi connectivity index (χ2v) is 17.0. The van der Waals surface area contributed by atoms with E-state index in [1.54, 1.807) is 0 Å². The Hall–Kier alpha value is -0.780. The van der Waals surface area contributed by atoms with Crippen LogP contribution in [0.25, 0.3) is 0 Å². The molecule has 11 nitrogen and oxygen atoms in total. The van der Waals surface area contributed by atoms with E-state index >= 15 is 0 Å². The SMILES string of the molecule is CCCCCCCCCCCCCC(=O)OC[C@H](COP(=O)(O)CCO)OC(=O)CCCCCCCCCCCCC.CC[N+](C)(C)CCC(O)O.[Cl-]. The Kier molecular flexibility index (Phi) is 42.1. The highest BCUT2D eigenvalue weighted by atomic mass is 35.5. The third-order valence-corrected chi connectivity index (χ3v) is 10.7. The maximum absolute atomic E-state index is 12.4. The number of hydrogen-bond acceptors (Lipinski definition) is 9. The van der Waals surface area contributed by atoms with Gasteiger partial charge >= 0.3 is 19.5 Å². The first-order chi connectivity index (χ1) is 24.8. The van der Waals surface area contributed by atoms with Gasteiger partial charge in [0.1, 0.15) is 6.61 Å². The number of unbranched alkanes of at least 4 members (excludes halogenated alkanes) is 20. The van der Waals surface area contributed by atoms with Gasteiger partial charge in [-0.1, -0.05) is 142 Å². The summed E-state index contributed by atoms with van der Waals surface area (Å²) >= 11 is 0. The van der Waals surface area contributed by atoms with Crippen LogP contribution in [0.1, 0.15) is 181 Å². The van der Waals surface area contributed by atoms with Crippen molar-refractivity contribution < 1.29 is 65.3 Å². The third-order valence-electron chi connectivity index (χ3n) is 9.39. The zero-order chi connectivity index (χ0) is 39.4. The van der Waals surface area contributed by atoms with Gasteiger partial charge in [0.25, 0.3) is 0 Å². The highest BCUT2D eigenvalue weighted by molar-refractivity contribution is 7.52. The molecular weight excluding hydrogens is 721 g/mol. The van der Waals surface area contributed by atoms with E-state index in [9.17, 15) is 19.0 Å². The number of nitrogens with zero attached hydrogens (tertiary/aromatic N) is 1. The predicted octanol–water partition coefficient (Wildman–Crippen LogP) is 5.83. The van der Waals surface area contributed by atoms with Gasteiger partial charge in [-0.2, -0.15) is 0 Å². The molecule has 0 spiro atoms. The summed E-state index contributed by atoms with van der Waals surface area (Å²) < 4.78 is 28.6. The molecule has 0 rings (SSSR count). The van der Waals surface area contributed by atoms with Crippen molar-refractivity contribution in [2.75, 3.05) is 53.2 Å². The topological polar surface area (TPSA) is 160 Å². The lowest BCUT2D eigenvalue weighted by Gasteiger charge is -2.28. The summed E-state index contributed by atoms with van der Waals surface area (Å²) in [5.74, 6) is -0.809. The van der Waals surface area contributed by atoms with Gasteiger partial charge in [0.15, 0.2) is 12.4 Å². The number of ether oxygens (including phenoxy) is 2. The normalized spacial score (nSPS) is 13.1. The van der Waals surface area contributed by atoms with Gasteiger partial charge in [0.2, 0.25) is 0 Å². The smallest absolute Gasteiger partial charge is 0.330 e. The number of carbonyl (C=O) groups is 2. The molecule has 0 radical (unpaired) electrons. The van der Waals surface area contributed by atoms with Crippen LogP contribution < -0.4 is 12.4 Å². The van der Waals surface area contributed by atoms with E-state index in [1.165, 1.54) is 103 Å². The van der Waals surface area contributed by atoms with E-state index < -0.39 is 38.7 Å². The van der Waals surface area contributed by atoms with Gasteiger partial charge in [0, 0.05) is 19.3 Å². The third kappa shape index (κ3) is 43.8. The van der Waals surface area contributed by atoms with Crippen LogP contribution in [0.3, 0.4) is 0 Å². The molecule has 2 atom stereocenters. The van der Waals surface area contributed by atoms with Crippen molar-refractivity contribution in [1.29, 1.82) is 0 Å². The van der Waals surface area contributed by atoms with Gasteiger partial charge in [-0.05, 0) is 19.8 Å². The molecule has 0 heterocycles. The summed E-state index contributed by atoms with van der Waals surface area (Å²) in [5.41, 5.74) is 0. The van der Waals surface area contributed by atoms with Crippen molar-refractivity contribution in [3.8, 4) is 0 Å². The van der Waals surface area contributed by atoms with Crippen molar-refractivity contribution in [2.45, 2.75) is 194 Å². The largest absolute Gasteiger partial charge is 1.00 e. The fraction of sp³-hybridized carbons (Fsp3) is 0.950. The van der Waals surface area contributed by atoms with E-state index in [-0.39, 0.29) is 38.0 Å². The molecule has 0 aromatic carbocycles. The Bertz CT molecular complexity index is 865. The maximum atomic E-state index is 12.4. The average molecular weight is 805 g/mol. The number of quaternary nitrogens is 1. The predicted molar refractivity (Wildman–Crippen MR) is 211 cm³/mol. The molecule has 0 bridgehead atoms. The highest BCUT2D eigenvalue weighted by Gasteiger charge is 2.24. The fourth-order valence-electron chi connectivity index (χ4n) is 5.50. The lowest BCUT2D eigenvalue weighted by Crippen LogP contribution is -3.00. The van der Waals surface area contributed by atoms with E-state index in [0.29, 0.717) is 19.3 Å². The molecule has 0 aromatic rings. The lowest BCUT2D eigenvalue weighted by molar-refractivity contribution is -0.889. The average Bonchev–Trinajstić information content (AvgIpc) is 3.10. The highest BCUT2D eigenvalue weighted by Crippen LogP contribution is 2.41. The molecule has 4 N–H and O–H groups in total. The Labute approximate surface area is 330 Å².